The van der Waals surface area contributed by atoms with Gasteiger partial charge in [-0.15, -0.1) is 0 Å². The van der Waals surface area contributed by atoms with E-state index in [0.29, 0.717) is 5.56 Å². The topological polar surface area (TPSA) is 12.9 Å². The van der Waals surface area contributed by atoms with Gasteiger partial charge < -0.3 is 0 Å². The molecule has 0 saturated carbocycles. The van der Waals surface area contributed by atoms with E-state index in [2.05, 4.69) is 20.9 Å². The highest BCUT2D eigenvalue weighted by Crippen LogP contribution is 2.23. The minimum absolute atomic E-state index is 0.175. The zero-order valence-electron chi connectivity index (χ0n) is 7.01. The van der Waals surface area contributed by atoms with E-state index in [1.807, 2.05) is 0 Å². The van der Waals surface area contributed by atoms with Crippen molar-refractivity contribution in [3.05, 3.63) is 40.4 Å². The van der Waals surface area contributed by atoms with Crippen LogP contribution in [0.15, 0.2) is 29.0 Å². The molecule has 2 rings (SSSR count). The van der Waals surface area contributed by atoms with E-state index in [4.69, 9.17) is 0 Å². The molecule has 0 unspecified atom stereocenters. The second-order valence-electron chi connectivity index (χ2n) is 2.92. The summed E-state index contributed by atoms with van der Waals surface area (Å²) in [5, 5.41) is 1.81. The number of hydrogen-bond acceptors (Lipinski definition) is 1. The second kappa shape index (κ2) is 3.07. The van der Waals surface area contributed by atoms with Crippen molar-refractivity contribution in [2.75, 3.05) is 0 Å². The largest absolute Gasteiger partial charge is 0.249 e. The summed E-state index contributed by atoms with van der Waals surface area (Å²) in [6.07, 6.45) is 1.65. The molecule has 0 aliphatic carbocycles. The molecule has 2 aromatic rings. The number of aryl methyl sites for hydroxylation is 1. The van der Waals surface area contributed by atoms with Crippen molar-refractivity contribution >= 4 is 26.7 Å². The maximum atomic E-state index is 13.1. The Bertz CT molecular complexity index is 468. The highest BCUT2D eigenvalue weighted by Gasteiger charge is 2.03. The van der Waals surface area contributed by atoms with Gasteiger partial charge in [0, 0.05) is 11.6 Å². The van der Waals surface area contributed by atoms with Gasteiger partial charge >= 0.3 is 0 Å². The molecule has 1 heterocycles. The number of hydrogen-bond donors (Lipinski definition) is 0. The van der Waals surface area contributed by atoms with Crippen LogP contribution in [-0.4, -0.2) is 4.98 Å². The summed E-state index contributed by atoms with van der Waals surface area (Å²) in [6.45, 7) is 1.74. The van der Waals surface area contributed by atoms with Crippen molar-refractivity contribution in [2.45, 2.75) is 6.92 Å². The number of halogens is 2. The summed E-state index contributed by atoms with van der Waals surface area (Å²) in [6, 6.07) is 5.11. The summed E-state index contributed by atoms with van der Waals surface area (Å²) in [4.78, 5) is 4.07. The third kappa shape index (κ3) is 1.44. The van der Waals surface area contributed by atoms with Crippen LogP contribution in [0.25, 0.3) is 10.8 Å². The molecule has 13 heavy (non-hydrogen) atoms. The van der Waals surface area contributed by atoms with Gasteiger partial charge in [-0.25, -0.2) is 9.37 Å². The van der Waals surface area contributed by atoms with Gasteiger partial charge in [0.15, 0.2) is 0 Å². The Hall–Kier alpha value is -0.960. The molecule has 1 aromatic heterocycles. The van der Waals surface area contributed by atoms with Crippen LogP contribution >= 0.6 is 15.9 Å². The van der Waals surface area contributed by atoms with E-state index >= 15 is 0 Å². The van der Waals surface area contributed by atoms with Gasteiger partial charge in [0.1, 0.15) is 10.4 Å². The smallest absolute Gasteiger partial charge is 0.126 e. The molecule has 1 nitrogen and oxygen atoms in total. The second-order valence-corrected chi connectivity index (χ2v) is 3.68. The first kappa shape index (κ1) is 8.63. The predicted molar refractivity (Wildman–Crippen MR) is 54.1 cm³/mol. The van der Waals surface area contributed by atoms with Crippen molar-refractivity contribution in [3.8, 4) is 0 Å². The van der Waals surface area contributed by atoms with Gasteiger partial charge in [-0.1, -0.05) is 0 Å². The zero-order valence-corrected chi connectivity index (χ0v) is 8.60. The molecule has 3 heteroatoms. The van der Waals surface area contributed by atoms with Crippen LogP contribution in [0.5, 0.6) is 0 Å². The monoisotopic (exact) mass is 239 g/mol. The third-order valence-electron chi connectivity index (χ3n) is 2.00. The maximum absolute atomic E-state index is 13.1. The lowest BCUT2D eigenvalue weighted by Crippen LogP contribution is -1.85. The maximum Gasteiger partial charge on any atom is 0.126 e. The molecule has 0 aliphatic rings. The Labute approximate surface area is 83.7 Å². The number of rotatable bonds is 0. The first-order valence-corrected chi connectivity index (χ1v) is 4.68. The SMILES string of the molecule is Cc1cc2c(Br)nccc2cc1F. The van der Waals surface area contributed by atoms with Gasteiger partial charge in [0.25, 0.3) is 0 Å². The van der Waals surface area contributed by atoms with Crippen LogP contribution in [-0.2, 0) is 0 Å². The van der Waals surface area contributed by atoms with E-state index < -0.39 is 0 Å². The first-order valence-electron chi connectivity index (χ1n) is 3.89. The molecule has 0 amide bonds. The van der Waals surface area contributed by atoms with Crippen molar-refractivity contribution < 1.29 is 4.39 Å². The molecule has 66 valence electrons. The van der Waals surface area contributed by atoms with Crippen molar-refractivity contribution in [1.29, 1.82) is 0 Å². The summed E-state index contributed by atoms with van der Waals surface area (Å²) < 4.78 is 13.9. The number of benzene rings is 1. The molecule has 1 aromatic carbocycles. The number of pyridine rings is 1. The van der Waals surface area contributed by atoms with Crippen LogP contribution in [0, 0.1) is 12.7 Å². The van der Waals surface area contributed by atoms with E-state index in [9.17, 15) is 4.39 Å². The third-order valence-corrected chi connectivity index (χ3v) is 2.63. The number of fused-ring (bicyclic) bond motifs is 1. The molecule has 0 aliphatic heterocycles. The first-order chi connectivity index (χ1) is 6.18. The molecule has 0 fully saturated rings. The van der Waals surface area contributed by atoms with Crippen LogP contribution in [0.2, 0.25) is 0 Å². The molecule has 0 radical (unpaired) electrons. The highest BCUT2D eigenvalue weighted by atomic mass is 79.9. The average Bonchev–Trinajstić information content (AvgIpc) is 2.09. The fourth-order valence-corrected chi connectivity index (χ4v) is 1.73. The van der Waals surface area contributed by atoms with Gasteiger partial charge in [-0.2, -0.15) is 0 Å². The Morgan fingerprint density at radius 1 is 1.38 bits per heavy atom. The summed E-state index contributed by atoms with van der Waals surface area (Å²) in [5.74, 6) is -0.175. The summed E-state index contributed by atoms with van der Waals surface area (Å²) in [7, 11) is 0. The zero-order chi connectivity index (χ0) is 9.42. The standard InChI is InChI=1S/C10H7BrFN/c1-6-4-8-7(5-9(6)12)2-3-13-10(8)11/h2-5H,1H3. The van der Waals surface area contributed by atoms with Crippen molar-refractivity contribution in [2.24, 2.45) is 0 Å². The van der Waals surface area contributed by atoms with Gasteiger partial charge in [0.2, 0.25) is 0 Å². The lowest BCUT2D eigenvalue weighted by Gasteiger charge is -2.02. The van der Waals surface area contributed by atoms with Crippen molar-refractivity contribution in [3.63, 3.8) is 0 Å². The molecule has 0 bridgehead atoms. The quantitative estimate of drug-likeness (QED) is 0.642. The minimum Gasteiger partial charge on any atom is -0.249 e. The fourth-order valence-electron chi connectivity index (χ4n) is 1.27. The Morgan fingerprint density at radius 2 is 2.15 bits per heavy atom. The van der Waals surface area contributed by atoms with E-state index in [0.717, 1.165) is 15.4 Å². The fraction of sp³-hybridized carbons (Fsp3) is 0.100. The summed E-state index contributed by atoms with van der Waals surface area (Å²) >= 11 is 3.32. The Balaban J connectivity index is 2.89. The Morgan fingerprint density at radius 3 is 2.92 bits per heavy atom. The van der Waals surface area contributed by atoms with E-state index in [-0.39, 0.29) is 5.82 Å². The predicted octanol–water partition coefficient (Wildman–Crippen LogP) is 3.44. The van der Waals surface area contributed by atoms with Gasteiger partial charge in [-0.05, 0) is 52.0 Å². The van der Waals surface area contributed by atoms with E-state index in [1.54, 1.807) is 25.3 Å². The lowest BCUT2D eigenvalue weighted by molar-refractivity contribution is 0.620. The minimum atomic E-state index is -0.175. The number of aromatic nitrogens is 1. The lowest BCUT2D eigenvalue weighted by atomic mass is 10.1. The van der Waals surface area contributed by atoms with Gasteiger partial charge in [-0.3, -0.25) is 0 Å². The summed E-state index contributed by atoms with van der Waals surface area (Å²) in [5.41, 5.74) is 0.640. The molecule has 0 N–H and O–H groups in total. The normalized spacial score (nSPS) is 10.7. The molecule has 0 saturated heterocycles. The average molecular weight is 240 g/mol. The van der Waals surface area contributed by atoms with Crippen LogP contribution in [0.1, 0.15) is 5.56 Å². The van der Waals surface area contributed by atoms with Crippen LogP contribution in [0.4, 0.5) is 4.39 Å². The highest BCUT2D eigenvalue weighted by molar-refractivity contribution is 9.10. The van der Waals surface area contributed by atoms with E-state index in [1.165, 1.54) is 6.07 Å². The molecule has 0 atom stereocenters. The van der Waals surface area contributed by atoms with Crippen molar-refractivity contribution in [1.82, 2.24) is 4.98 Å². The van der Waals surface area contributed by atoms with Gasteiger partial charge in [0.05, 0.1) is 0 Å². The van der Waals surface area contributed by atoms with Crippen LogP contribution in [0.3, 0.4) is 0 Å². The molecular weight excluding hydrogens is 233 g/mol. The van der Waals surface area contributed by atoms with Crippen LogP contribution < -0.4 is 0 Å². The number of nitrogens with zero attached hydrogens (tertiary/aromatic N) is 1. The molecule has 0 spiro atoms. The molecular formula is C10H7BrFN. The Kier molecular flexibility index (Phi) is 2.04.